The first kappa shape index (κ1) is 16.3. The van der Waals surface area contributed by atoms with Crippen molar-refractivity contribution in [3.05, 3.63) is 58.6 Å². The Kier molecular flexibility index (Phi) is 5.51. The number of carbonyl (C=O) groups excluding carboxylic acids is 1. The Balaban J connectivity index is 1.89. The number of non-ortho nitro benzene ring substituents is 1. The van der Waals surface area contributed by atoms with Gasteiger partial charge in [0.15, 0.2) is 0 Å². The van der Waals surface area contributed by atoms with Crippen molar-refractivity contribution in [1.82, 2.24) is 5.32 Å². The van der Waals surface area contributed by atoms with Crippen molar-refractivity contribution in [2.45, 2.75) is 6.42 Å². The number of carbonyl (C=O) groups is 1. The summed E-state index contributed by atoms with van der Waals surface area (Å²) in [7, 11) is 1.58. The van der Waals surface area contributed by atoms with Gasteiger partial charge in [0.1, 0.15) is 5.75 Å². The molecule has 0 aromatic heterocycles. The average Bonchev–Trinajstić information content (AvgIpc) is 2.56. The van der Waals surface area contributed by atoms with Crippen LogP contribution in [-0.4, -0.2) is 24.5 Å². The fourth-order valence-electron chi connectivity index (χ4n) is 1.85. The number of ether oxygens (including phenoxy) is 1. The summed E-state index contributed by atoms with van der Waals surface area (Å²) in [6.07, 6.45) is 0.305. The zero-order valence-corrected chi connectivity index (χ0v) is 12.6. The Morgan fingerprint density at radius 3 is 2.17 bits per heavy atom. The lowest BCUT2D eigenvalue weighted by atomic mass is 10.2. The van der Waals surface area contributed by atoms with Gasteiger partial charge in [-0.05, 0) is 36.4 Å². The molecule has 0 aliphatic carbocycles. The van der Waals surface area contributed by atoms with Gasteiger partial charge in [0.05, 0.1) is 18.0 Å². The highest BCUT2D eigenvalue weighted by atomic mass is 16.6. The van der Waals surface area contributed by atoms with Crippen LogP contribution in [0.1, 0.15) is 6.42 Å². The van der Waals surface area contributed by atoms with Crippen molar-refractivity contribution >= 4 is 23.0 Å². The van der Waals surface area contributed by atoms with Crippen LogP contribution in [0.25, 0.3) is 0 Å². The summed E-state index contributed by atoms with van der Waals surface area (Å²) in [6.45, 7) is 0.314. The average molecular weight is 315 g/mol. The molecule has 0 fully saturated rings. The zero-order valence-electron chi connectivity index (χ0n) is 12.6. The second-order valence-electron chi connectivity index (χ2n) is 4.72. The topological polar surface area (TPSA) is 93.5 Å². The maximum atomic E-state index is 11.1. The third kappa shape index (κ3) is 4.99. The SMILES string of the molecule is CNC(=O)CCOc1ccc(Nc2ccc([N+](=O)[O-])cc2)cc1. The first-order valence-corrected chi connectivity index (χ1v) is 7.03. The minimum absolute atomic E-state index is 0.0513. The van der Waals surface area contributed by atoms with Crippen LogP contribution in [0.15, 0.2) is 48.5 Å². The summed E-state index contributed by atoms with van der Waals surface area (Å²) in [5.41, 5.74) is 1.64. The van der Waals surface area contributed by atoms with Crippen LogP contribution in [-0.2, 0) is 4.79 Å². The first-order valence-electron chi connectivity index (χ1n) is 7.03. The van der Waals surface area contributed by atoms with Crippen LogP contribution in [0.3, 0.4) is 0 Å². The molecule has 23 heavy (non-hydrogen) atoms. The molecule has 2 N–H and O–H groups in total. The Morgan fingerprint density at radius 1 is 1.09 bits per heavy atom. The molecule has 120 valence electrons. The number of hydrogen-bond donors (Lipinski definition) is 2. The molecule has 2 rings (SSSR count). The van der Waals surface area contributed by atoms with Gasteiger partial charge in [0.2, 0.25) is 5.91 Å². The summed E-state index contributed by atoms with van der Waals surface area (Å²) in [5.74, 6) is 0.601. The van der Waals surface area contributed by atoms with E-state index in [9.17, 15) is 14.9 Å². The van der Waals surface area contributed by atoms with E-state index in [1.165, 1.54) is 12.1 Å². The van der Waals surface area contributed by atoms with Crippen LogP contribution in [0.4, 0.5) is 17.1 Å². The molecular weight excluding hydrogens is 298 g/mol. The molecule has 7 nitrogen and oxygen atoms in total. The molecule has 2 aromatic rings. The quantitative estimate of drug-likeness (QED) is 0.605. The Bertz CT molecular complexity index is 669. The molecule has 0 aliphatic heterocycles. The number of nitro groups is 1. The fourth-order valence-corrected chi connectivity index (χ4v) is 1.85. The third-order valence-electron chi connectivity index (χ3n) is 3.10. The van der Waals surface area contributed by atoms with E-state index >= 15 is 0 Å². The van der Waals surface area contributed by atoms with Crippen LogP contribution >= 0.6 is 0 Å². The molecule has 0 saturated carbocycles. The van der Waals surface area contributed by atoms with Gasteiger partial charge < -0.3 is 15.4 Å². The molecule has 2 aromatic carbocycles. The summed E-state index contributed by atoms with van der Waals surface area (Å²) in [5, 5.41) is 16.3. The van der Waals surface area contributed by atoms with Crippen molar-refractivity contribution in [2.24, 2.45) is 0 Å². The monoisotopic (exact) mass is 315 g/mol. The van der Waals surface area contributed by atoms with Gasteiger partial charge in [0.25, 0.3) is 5.69 Å². The smallest absolute Gasteiger partial charge is 0.269 e. The minimum atomic E-state index is -0.436. The predicted octanol–water partition coefficient (Wildman–Crippen LogP) is 2.85. The normalized spacial score (nSPS) is 9.96. The Hall–Kier alpha value is -3.09. The maximum Gasteiger partial charge on any atom is 0.269 e. The standard InChI is InChI=1S/C16H17N3O4/c1-17-16(20)10-11-23-15-8-4-13(5-9-15)18-12-2-6-14(7-3-12)19(21)22/h2-9,18H,10-11H2,1H3,(H,17,20). The van der Waals surface area contributed by atoms with Gasteiger partial charge in [-0.2, -0.15) is 0 Å². The summed E-state index contributed by atoms with van der Waals surface area (Å²) < 4.78 is 5.46. The number of anilines is 2. The van der Waals surface area contributed by atoms with E-state index in [2.05, 4.69) is 10.6 Å². The van der Waals surface area contributed by atoms with E-state index < -0.39 is 4.92 Å². The van der Waals surface area contributed by atoms with Crippen LogP contribution in [0, 0.1) is 10.1 Å². The van der Waals surface area contributed by atoms with Crippen molar-refractivity contribution in [3.63, 3.8) is 0 Å². The fraction of sp³-hybridized carbons (Fsp3) is 0.188. The highest BCUT2D eigenvalue weighted by Gasteiger charge is 2.04. The van der Waals surface area contributed by atoms with Gasteiger partial charge >= 0.3 is 0 Å². The predicted molar refractivity (Wildman–Crippen MR) is 87.0 cm³/mol. The lowest BCUT2D eigenvalue weighted by Crippen LogP contribution is -2.20. The summed E-state index contributed by atoms with van der Waals surface area (Å²) >= 11 is 0. The molecule has 0 aliphatic rings. The summed E-state index contributed by atoms with van der Waals surface area (Å²) in [4.78, 5) is 21.2. The molecule has 1 amide bonds. The second kappa shape index (κ2) is 7.79. The highest BCUT2D eigenvalue weighted by molar-refractivity contribution is 5.75. The van der Waals surface area contributed by atoms with Crippen LogP contribution in [0.5, 0.6) is 5.75 Å². The molecule has 0 saturated heterocycles. The van der Waals surface area contributed by atoms with Crippen molar-refractivity contribution in [2.75, 3.05) is 19.0 Å². The largest absolute Gasteiger partial charge is 0.493 e. The minimum Gasteiger partial charge on any atom is -0.493 e. The van der Waals surface area contributed by atoms with Gasteiger partial charge in [-0.3, -0.25) is 14.9 Å². The number of nitrogens with zero attached hydrogens (tertiary/aromatic N) is 1. The van der Waals surface area contributed by atoms with Gasteiger partial charge in [-0.1, -0.05) is 0 Å². The number of nitrogens with one attached hydrogen (secondary N) is 2. The van der Waals surface area contributed by atoms with Gasteiger partial charge in [-0.25, -0.2) is 0 Å². The molecular formula is C16H17N3O4. The van der Waals surface area contributed by atoms with Crippen molar-refractivity contribution < 1.29 is 14.5 Å². The van der Waals surface area contributed by atoms with E-state index in [0.717, 1.165) is 11.4 Å². The number of hydrogen-bond acceptors (Lipinski definition) is 5. The summed E-state index contributed by atoms with van der Waals surface area (Å²) in [6, 6.07) is 13.4. The van der Waals surface area contributed by atoms with E-state index in [0.29, 0.717) is 18.8 Å². The van der Waals surface area contributed by atoms with Crippen LogP contribution < -0.4 is 15.4 Å². The second-order valence-corrected chi connectivity index (χ2v) is 4.72. The van der Waals surface area contributed by atoms with E-state index in [1.807, 2.05) is 12.1 Å². The third-order valence-corrected chi connectivity index (χ3v) is 3.10. The van der Waals surface area contributed by atoms with Gasteiger partial charge in [-0.15, -0.1) is 0 Å². The molecule has 7 heteroatoms. The molecule has 0 radical (unpaired) electrons. The van der Waals surface area contributed by atoms with E-state index in [4.69, 9.17) is 4.74 Å². The number of amides is 1. The van der Waals surface area contributed by atoms with E-state index in [-0.39, 0.29) is 11.6 Å². The highest BCUT2D eigenvalue weighted by Crippen LogP contribution is 2.22. The van der Waals surface area contributed by atoms with Crippen molar-refractivity contribution in [3.8, 4) is 5.75 Å². The lowest BCUT2D eigenvalue weighted by molar-refractivity contribution is -0.384. The lowest BCUT2D eigenvalue weighted by Gasteiger charge is -2.09. The molecule has 0 spiro atoms. The molecule has 0 heterocycles. The number of benzene rings is 2. The van der Waals surface area contributed by atoms with E-state index in [1.54, 1.807) is 31.3 Å². The first-order chi connectivity index (χ1) is 11.1. The molecule has 0 atom stereocenters. The number of nitro benzene ring substituents is 1. The van der Waals surface area contributed by atoms with Gasteiger partial charge in [0, 0.05) is 30.6 Å². The van der Waals surface area contributed by atoms with Crippen LogP contribution in [0.2, 0.25) is 0 Å². The Labute approximate surface area is 133 Å². The molecule has 0 bridgehead atoms. The molecule has 0 unspecified atom stereocenters. The van der Waals surface area contributed by atoms with Crippen molar-refractivity contribution in [1.29, 1.82) is 0 Å². The maximum absolute atomic E-state index is 11.1. The zero-order chi connectivity index (χ0) is 16.7. The number of rotatable bonds is 7. The Morgan fingerprint density at radius 2 is 1.65 bits per heavy atom.